The van der Waals surface area contributed by atoms with Gasteiger partial charge in [0, 0.05) is 25.4 Å². The van der Waals surface area contributed by atoms with Crippen molar-refractivity contribution in [2.75, 3.05) is 13.2 Å². The fraction of sp³-hybridized carbons (Fsp3) is 0.238. The molecule has 1 amide bonds. The number of ether oxygens (including phenoxy) is 2. The summed E-state index contributed by atoms with van der Waals surface area (Å²) in [5.74, 6) is 0.00255. The first-order valence-electron chi connectivity index (χ1n) is 9.18. The van der Waals surface area contributed by atoms with Crippen molar-refractivity contribution in [1.29, 1.82) is 0 Å². The second kappa shape index (κ2) is 7.74. The van der Waals surface area contributed by atoms with Crippen molar-refractivity contribution in [3.05, 3.63) is 66.0 Å². The number of hydrogen-bond donors (Lipinski definition) is 0. The van der Waals surface area contributed by atoms with E-state index in [1.165, 1.54) is 24.3 Å². The van der Waals surface area contributed by atoms with E-state index >= 15 is 0 Å². The number of amides is 1. The van der Waals surface area contributed by atoms with Gasteiger partial charge < -0.3 is 14.4 Å². The number of halogens is 3. The number of hydrogen-bond acceptors (Lipinski definition) is 4. The Kier molecular flexibility index (Phi) is 5.11. The Morgan fingerprint density at radius 1 is 1.13 bits per heavy atom. The fourth-order valence-electron chi connectivity index (χ4n) is 3.31. The van der Waals surface area contributed by atoms with Crippen LogP contribution in [0.1, 0.15) is 15.9 Å². The van der Waals surface area contributed by atoms with Crippen molar-refractivity contribution in [3.8, 4) is 22.6 Å². The molecule has 0 radical (unpaired) electrons. The average Bonchev–Trinajstić information content (AvgIpc) is 3.04. The molecule has 0 aliphatic carbocycles. The SMILES string of the molecule is Cn1cc(CN2CCOc3ccc(-c4ccc(OC(F)(F)F)cc4)cc3C2=O)cn1. The zero-order chi connectivity index (χ0) is 21.3. The quantitative estimate of drug-likeness (QED) is 0.644. The van der Waals surface area contributed by atoms with Gasteiger partial charge in [0.15, 0.2) is 0 Å². The monoisotopic (exact) mass is 417 g/mol. The van der Waals surface area contributed by atoms with Gasteiger partial charge in [0.25, 0.3) is 5.91 Å². The first kappa shape index (κ1) is 19.8. The van der Waals surface area contributed by atoms with Gasteiger partial charge in [-0.25, -0.2) is 0 Å². The predicted molar refractivity (Wildman–Crippen MR) is 102 cm³/mol. The van der Waals surface area contributed by atoms with E-state index in [0.717, 1.165) is 5.56 Å². The average molecular weight is 417 g/mol. The molecule has 0 fully saturated rings. The van der Waals surface area contributed by atoms with Crippen LogP contribution in [0.4, 0.5) is 13.2 Å². The lowest BCUT2D eigenvalue weighted by Gasteiger charge is -2.19. The van der Waals surface area contributed by atoms with Gasteiger partial charge in [-0.3, -0.25) is 9.48 Å². The Morgan fingerprint density at radius 2 is 1.87 bits per heavy atom. The van der Waals surface area contributed by atoms with E-state index < -0.39 is 6.36 Å². The smallest absolute Gasteiger partial charge is 0.491 e. The predicted octanol–water partition coefficient (Wildman–Crippen LogP) is 4.02. The second-order valence-corrected chi connectivity index (χ2v) is 6.88. The largest absolute Gasteiger partial charge is 0.573 e. The molecule has 4 rings (SSSR count). The van der Waals surface area contributed by atoms with Gasteiger partial charge in [-0.05, 0) is 35.4 Å². The molecule has 9 heteroatoms. The van der Waals surface area contributed by atoms with Gasteiger partial charge >= 0.3 is 6.36 Å². The number of carbonyl (C=O) groups is 1. The van der Waals surface area contributed by atoms with E-state index in [2.05, 4.69) is 9.84 Å². The molecule has 1 aliphatic rings. The maximum absolute atomic E-state index is 13.1. The summed E-state index contributed by atoms with van der Waals surface area (Å²) in [7, 11) is 1.81. The van der Waals surface area contributed by atoms with Gasteiger partial charge in [-0.1, -0.05) is 18.2 Å². The molecule has 0 saturated carbocycles. The highest BCUT2D eigenvalue weighted by Crippen LogP contribution is 2.31. The van der Waals surface area contributed by atoms with Crippen LogP contribution in [0, 0.1) is 0 Å². The van der Waals surface area contributed by atoms with Crippen LogP contribution in [-0.2, 0) is 13.6 Å². The summed E-state index contributed by atoms with van der Waals surface area (Å²) >= 11 is 0. The van der Waals surface area contributed by atoms with E-state index in [4.69, 9.17) is 4.74 Å². The topological polar surface area (TPSA) is 56.6 Å². The van der Waals surface area contributed by atoms with Gasteiger partial charge in [0.1, 0.15) is 18.1 Å². The molecule has 0 saturated heterocycles. The van der Waals surface area contributed by atoms with Crippen LogP contribution in [0.2, 0.25) is 0 Å². The third kappa shape index (κ3) is 4.40. The number of fused-ring (bicyclic) bond motifs is 1. The summed E-state index contributed by atoms with van der Waals surface area (Å²) in [5, 5.41) is 4.12. The molecule has 2 aromatic carbocycles. The molecule has 30 heavy (non-hydrogen) atoms. The summed E-state index contributed by atoms with van der Waals surface area (Å²) in [6.45, 7) is 1.20. The molecule has 3 aromatic rings. The Hall–Kier alpha value is -3.49. The van der Waals surface area contributed by atoms with Crippen LogP contribution < -0.4 is 9.47 Å². The lowest BCUT2D eigenvalue weighted by atomic mass is 10.0. The summed E-state index contributed by atoms with van der Waals surface area (Å²) < 4.78 is 48.3. The third-order valence-corrected chi connectivity index (χ3v) is 4.67. The fourth-order valence-corrected chi connectivity index (χ4v) is 3.31. The molecule has 1 aliphatic heterocycles. The number of nitrogens with zero attached hydrogens (tertiary/aromatic N) is 3. The molecule has 0 spiro atoms. The van der Waals surface area contributed by atoms with Gasteiger partial charge in [-0.15, -0.1) is 13.2 Å². The highest BCUT2D eigenvalue weighted by molar-refractivity contribution is 5.98. The molecule has 156 valence electrons. The van der Waals surface area contributed by atoms with Crippen molar-refractivity contribution < 1.29 is 27.4 Å². The molecule has 0 unspecified atom stereocenters. The van der Waals surface area contributed by atoms with Gasteiger partial charge in [-0.2, -0.15) is 5.10 Å². The van der Waals surface area contributed by atoms with E-state index in [0.29, 0.717) is 42.1 Å². The minimum Gasteiger partial charge on any atom is -0.491 e. The third-order valence-electron chi connectivity index (χ3n) is 4.67. The lowest BCUT2D eigenvalue weighted by molar-refractivity contribution is -0.274. The Bertz CT molecular complexity index is 1060. The normalized spacial score (nSPS) is 14.1. The number of benzene rings is 2. The number of alkyl halides is 3. The maximum atomic E-state index is 13.1. The molecular formula is C21H18F3N3O3. The van der Waals surface area contributed by atoms with Crippen LogP contribution in [0.15, 0.2) is 54.9 Å². The van der Waals surface area contributed by atoms with Crippen molar-refractivity contribution in [1.82, 2.24) is 14.7 Å². The number of carbonyl (C=O) groups excluding carboxylic acids is 1. The molecule has 6 nitrogen and oxygen atoms in total. The van der Waals surface area contributed by atoms with Crippen molar-refractivity contribution >= 4 is 5.91 Å². The zero-order valence-corrected chi connectivity index (χ0v) is 16.0. The van der Waals surface area contributed by atoms with Crippen LogP contribution >= 0.6 is 0 Å². The van der Waals surface area contributed by atoms with Gasteiger partial charge in [0.05, 0.1) is 18.3 Å². The van der Waals surface area contributed by atoms with Crippen LogP contribution in [0.25, 0.3) is 11.1 Å². The lowest BCUT2D eigenvalue weighted by Crippen LogP contribution is -2.31. The number of rotatable bonds is 4. The van der Waals surface area contributed by atoms with Crippen molar-refractivity contribution in [3.63, 3.8) is 0 Å². The zero-order valence-electron chi connectivity index (χ0n) is 16.0. The Labute approximate surface area is 170 Å². The Morgan fingerprint density at radius 3 is 2.53 bits per heavy atom. The number of aryl methyl sites for hydroxylation is 1. The van der Waals surface area contributed by atoms with Crippen LogP contribution in [-0.4, -0.2) is 40.1 Å². The standard InChI is InChI=1S/C21H18F3N3O3/c1-26-12-14(11-25-26)13-27-8-9-29-19-7-4-16(10-18(19)20(27)28)15-2-5-17(6-3-15)30-21(22,23)24/h2-7,10-12H,8-9,13H2,1H3. The highest BCUT2D eigenvalue weighted by atomic mass is 19.4. The van der Waals surface area contributed by atoms with Crippen LogP contribution in [0.5, 0.6) is 11.5 Å². The number of aromatic nitrogens is 2. The van der Waals surface area contributed by atoms with Crippen molar-refractivity contribution in [2.45, 2.75) is 12.9 Å². The molecule has 0 atom stereocenters. The Balaban J connectivity index is 1.59. The summed E-state index contributed by atoms with van der Waals surface area (Å²) in [6, 6.07) is 10.7. The van der Waals surface area contributed by atoms with E-state index in [9.17, 15) is 18.0 Å². The molecule has 0 N–H and O–H groups in total. The van der Waals surface area contributed by atoms with E-state index in [-0.39, 0.29) is 11.7 Å². The minimum absolute atomic E-state index is 0.176. The van der Waals surface area contributed by atoms with Crippen molar-refractivity contribution in [2.24, 2.45) is 7.05 Å². The summed E-state index contributed by atoms with van der Waals surface area (Å²) in [6.07, 6.45) is -1.19. The highest BCUT2D eigenvalue weighted by Gasteiger charge is 2.31. The van der Waals surface area contributed by atoms with E-state index in [1.807, 2.05) is 13.2 Å². The first-order chi connectivity index (χ1) is 14.3. The molecule has 2 heterocycles. The van der Waals surface area contributed by atoms with E-state index in [1.54, 1.807) is 34.0 Å². The van der Waals surface area contributed by atoms with Crippen LogP contribution in [0.3, 0.4) is 0 Å². The minimum atomic E-state index is -4.74. The van der Waals surface area contributed by atoms with Gasteiger partial charge in [0.2, 0.25) is 0 Å². The second-order valence-electron chi connectivity index (χ2n) is 6.88. The molecule has 1 aromatic heterocycles. The first-order valence-corrected chi connectivity index (χ1v) is 9.18. The maximum Gasteiger partial charge on any atom is 0.573 e. The molecular weight excluding hydrogens is 399 g/mol. The summed E-state index contributed by atoms with van der Waals surface area (Å²) in [4.78, 5) is 14.8. The molecule has 0 bridgehead atoms. The summed E-state index contributed by atoms with van der Waals surface area (Å²) in [5.41, 5.74) is 2.66.